The fraction of sp³-hybridized carbons (Fsp3) is 0.0909. The van der Waals surface area contributed by atoms with Crippen LogP contribution in [0.3, 0.4) is 0 Å². The van der Waals surface area contributed by atoms with E-state index in [0.29, 0.717) is 11.2 Å². The average Bonchev–Trinajstić information content (AvgIpc) is 2.27. The predicted molar refractivity (Wildman–Crippen MR) is 59.3 cm³/mol. The Hall–Kier alpha value is -2.14. The molecule has 1 aromatic carbocycles. The average molecular weight is 218 g/mol. The number of carbonyl (C=O) groups is 1. The molecule has 0 atom stereocenters. The number of carboxylic acid groups (broad SMARTS) is 1. The minimum Gasteiger partial charge on any atom is -0.465 e. The van der Waals surface area contributed by atoms with E-state index < -0.39 is 6.09 Å². The van der Waals surface area contributed by atoms with Crippen molar-refractivity contribution in [1.29, 1.82) is 0 Å². The molecule has 5 nitrogen and oxygen atoms in total. The lowest BCUT2D eigenvalue weighted by Gasteiger charge is -2.03. The van der Waals surface area contributed by atoms with Crippen LogP contribution in [0, 0.1) is 0 Å². The van der Waals surface area contributed by atoms with Gasteiger partial charge in [-0.15, -0.1) is 0 Å². The van der Waals surface area contributed by atoms with Crippen LogP contribution in [0.1, 0.15) is 5.56 Å². The maximum absolute atomic E-state index is 10.4. The summed E-state index contributed by atoms with van der Waals surface area (Å²) in [4.78, 5) is 14.6. The summed E-state index contributed by atoms with van der Waals surface area (Å²) in [7, 11) is 0. The number of nitrogens with zero attached hydrogens (tertiary/aromatic N) is 1. The molecule has 2 aromatic rings. The Balaban J connectivity index is 2.43. The fourth-order valence-electron chi connectivity index (χ4n) is 1.45. The molecule has 2 rings (SSSR count). The standard InChI is InChI=1S/C11H10N2O3/c14-6-7-3-8-1-2-9(13-11(15)16)4-10(8)12-5-7/h1-5,13-14H,6H2,(H,15,16). The number of anilines is 1. The number of aliphatic hydroxyl groups is 1. The second-order valence-corrected chi connectivity index (χ2v) is 3.34. The second kappa shape index (κ2) is 4.16. The van der Waals surface area contributed by atoms with Crippen molar-refractivity contribution in [3.8, 4) is 0 Å². The Morgan fingerprint density at radius 2 is 2.19 bits per heavy atom. The van der Waals surface area contributed by atoms with Crippen LogP contribution in [0.25, 0.3) is 10.9 Å². The summed E-state index contributed by atoms with van der Waals surface area (Å²) in [6, 6.07) is 6.86. The smallest absolute Gasteiger partial charge is 0.409 e. The van der Waals surface area contributed by atoms with Gasteiger partial charge >= 0.3 is 6.09 Å². The minimum atomic E-state index is -1.11. The van der Waals surface area contributed by atoms with E-state index in [1.54, 1.807) is 24.4 Å². The zero-order chi connectivity index (χ0) is 11.5. The maximum atomic E-state index is 10.4. The number of pyridine rings is 1. The molecule has 0 aliphatic carbocycles. The van der Waals surface area contributed by atoms with Gasteiger partial charge in [0.2, 0.25) is 0 Å². The molecule has 0 saturated heterocycles. The predicted octanol–water partition coefficient (Wildman–Crippen LogP) is 1.82. The molecule has 1 amide bonds. The van der Waals surface area contributed by atoms with Crippen molar-refractivity contribution in [2.75, 3.05) is 5.32 Å². The van der Waals surface area contributed by atoms with Gasteiger partial charge in [-0.25, -0.2) is 4.79 Å². The lowest BCUT2D eigenvalue weighted by Crippen LogP contribution is -2.06. The van der Waals surface area contributed by atoms with Crippen molar-refractivity contribution in [2.45, 2.75) is 6.61 Å². The lowest BCUT2D eigenvalue weighted by molar-refractivity contribution is 0.210. The summed E-state index contributed by atoms with van der Waals surface area (Å²) in [5.41, 5.74) is 1.89. The van der Waals surface area contributed by atoms with Crippen LogP contribution in [0.2, 0.25) is 0 Å². The molecule has 0 radical (unpaired) electrons. The highest BCUT2D eigenvalue weighted by molar-refractivity contribution is 5.88. The van der Waals surface area contributed by atoms with Crippen LogP contribution in [0.5, 0.6) is 0 Å². The van der Waals surface area contributed by atoms with Gasteiger partial charge in [-0.05, 0) is 23.8 Å². The van der Waals surface area contributed by atoms with Gasteiger partial charge in [0, 0.05) is 17.3 Å². The Bertz CT molecular complexity index is 540. The molecule has 0 saturated carbocycles. The van der Waals surface area contributed by atoms with Gasteiger partial charge in [0.15, 0.2) is 0 Å². The molecule has 5 heteroatoms. The van der Waals surface area contributed by atoms with E-state index >= 15 is 0 Å². The number of rotatable bonds is 2. The first-order valence-corrected chi connectivity index (χ1v) is 4.68. The van der Waals surface area contributed by atoms with E-state index in [9.17, 15) is 4.79 Å². The van der Waals surface area contributed by atoms with Crippen LogP contribution < -0.4 is 5.32 Å². The van der Waals surface area contributed by atoms with Crippen molar-refractivity contribution in [1.82, 2.24) is 4.98 Å². The highest BCUT2D eigenvalue weighted by atomic mass is 16.4. The van der Waals surface area contributed by atoms with Crippen molar-refractivity contribution < 1.29 is 15.0 Å². The third-order valence-electron chi connectivity index (χ3n) is 2.17. The number of aromatic nitrogens is 1. The first-order chi connectivity index (χ1) is 7.69. The fourth-order valence-corrected chi connectivity index (χ4v) is 1.45. The molecular weight excluding hydrogens is 208 g/mol. The second-order valence-electron chi connectivity index (χ2n) is 3.34. The zero-order valence-corrected chi connectivity index (χ0v) is 8.34. The van der Waals surface area contributed by atoms with E-state index in [1.165, 1.54) is 0 Å². The van der Waals surface area contributed by atoms with Gasteiger partial charge in [-0.3, -0.25) is 10.3 Å². The third-order valence-corrected chi connectivity index (χ3v) is 2.17. The Kier molecular flexibility index (Phi) is 2.70. The minimum absolute atomic E-state index is 0.0575. The van der Waals surface area contributed by atoms with Gasteiger partial charge in [-0.2, -0.15) is 0 Å². The molecule has 0 aliphatic heterocycles. The van der Waals surface area contributed by atoms with Crippen molar-refractivity contribution in [3.05, 3.63) is 36.0 Å². The number of benzene rings is 1. The molecular formula is C11H10N2O3. The van der Waals surface area contributed by atoms with Gasteiger partial charge in [0.1, 0.15) is 0 Å². The van der Waals surface area contributed by atoms with Crippen LogP contribution in [-0.4, -0.2) is 21.3 Å². The molecule has 0 bridgehead atoms. The van der Waals surface area contributed by atoms with Gasteiger partial charge in [0.05, 0.1) is 12.1 Å². The van der Waals surface area contributed by atoms with Crippen LogP contribution in [0.4, 0.5) is 10.5 Å². The Labute approximate surface area is 91.4 Å². The molecule has 82 valence electrons. The van der Waals surface area contributed by atoms with Crippen LogP contribution in [0.15, 0.2) is 30.5 Å². The molecule has 0 aliphatic rings. The molecule has 3 N–H and O–H groups in total. The number of nitrogens with one attached hydrogen (secondary N) is 1. The van der Waals surface area contributed by atoms with Crippen LogP contribution in [-0.2, 0) is 6.61 Å². The highest BCUT2D eigenvalue weighted by Gasteiger charge is 2.01. The number of hydrogen-bond acceptors (Lipinski definition) is 3. The normalized spacial score (nSPS) is 10.3. The monoisotopic (exact) mass is 218 g/mol. The van der Waals surface area contributed by atoms with Crippen molar-refractivity contribution in [3.63, 3.8) is 0 Å². The lowest BCUT2D eigenvalue weighted by atomic mass is 10.1. The summed E-state index contributed by atoms with van der Waals surface area (Å²) in [6.07, 6.45) is 0.457. The third kappa shape index (κ3) is 2.09. The molecule has 1 heterocycles. The van der Waals surface area contributed by atoms with Gasteiger partial charge in [-0.1, -0.05) is 6.07 Å². The zero-order valence-electron chi connectivity index (χ0n) is 8.34. The molecule has 0 unspecified atom stereocenters. The molecule has 0 spiro atoms. The number of hydrogen-bond donors (Lipinski definition) is 3. The van der Waals surface area contributed by atoms with E-state index in [0.717, 1.165) is 10.9 Å². The Morgan fingerprint density at radius 3 is 2.88 bits per heavy atom. The van der Waals surface area contributed by atoms with E-state index in [-0.39, 0.29) is 6.61 Å². The summed E-state index contributed by atoms with van der Waals surface area (Å²) < 4.78 is 0. The summed E-state index contributed by atoms with van der Waals surface area (Å²) >= 11 is 0. The SMILES string of the molecule is O=C(O)Nc1ccc2cc(CO)cnc2c1. The largest absolute Gasteiger partial charge is 0.465 e. The van der Waals surface area contributed by atoms with Gasteiger partial charge in [0.25, 0.3) is 0 Å². The molecule has 1 aromatic heterocycles. The number of fused-ring (bicyclic) bond motifs is 1. The number of amides is 1. The molecule has 16 heavy (non-hydrogen) atoms. The maximum Gasteiger partial charge on any atom is 0.409 e. The van der Waals surface area contributed by atoms with Crippen molar-refractivity contribution in [2.24, 2.45) is 0 Å². The summed E-state index contributed by atoms with van der Waals surface area (Å²) in [5, 5.41) is 20.6. The topological polar surface area (TPSA) is 82.5 Å². The van der Waals surface area contributed by atoms with Crippen LogP contribution >= 0.6 is 0 Å². The summed E-state index contributed by atoms with van der Waals surface area (Å²) in [5.74, 6) is 0. The number of aliphatic hydroxyl groups excluding tert-OH is 1. The highest BCUT2D eigenvalue weighted by Crippen LogP contribution is 2.18. The first-order valence-electron chi connectivity index (χ1n) is 4.68. The van der Waals surface area contributed by atoms with E-state index in [4.69, 9.17) is 10.2 Å². The van der Waals surface area contributed by atoms with E-state index in [1.807, 2.05) is 6.07 Å². The van der Waals surface area contributed by atoms with E-state index in [2.05, 4.69) is 10.3 Å². The summed E-state index contributed by atoms with van der Waals surface area (Å²) in [6.45, 7) is -0.0575. The first kappa shape index (κ1) is 10.4. The molecule has 0 fully saturated rings. The van der Waals surface area contributed by atoms with Crippen molar-refractivity contribution >= 4 is 22.7 Å². The quantitative estimate of drug-likeness (QED) is 0.718. The van der Waals surface area contributed by atoms with Gasteiger partial charge < -0.3 is 10.2 Å². The Morgan fingerprint density at radius 1 is 1.38 bits per heavy atom.